The molecular weight excluding hydrogens is 344 g/mol. The van der Waals surface area contributed by atoms with Crippen molar-refractivity contribution in [3.05, 3.63) is 29.8 Å². The zero-order valence-electron chi connectivity index (χ0n) is 13.8. The van der Waals surface area contributed by atoms with E-state index >= 15 is 0 Å². The molecule has 0 aromatic heterocycles. The summed E-state index contributed by atoms with van der Waals surface area (Å²) in [5.41, 5.74) is 0.257. The van der Waals surface area contributed by atoms with Crippen LogP contribution in [-0.2, 0) is 14.8 Å². The predicted molar refractivity (Wildman–Crippen MR) is 90.6 cm³/mol. The van der Waals surface area contributed by atoms with Gasteiger partial charge in [0.2, 0.25) is 10.0 Å². The minimum atomic E-state index is -3.63. The lowest BCUT2D eigenvalue weighted by Crippen LogP contribution is -2.33. The van der Waals surface area contributed by atoms with E-state index in [0.717, 1.165) is 12.8 Å². The molecule has 0 unspecified atom stereocenters. The van der Waals surface area contributed by atoms with E-state index in [2.05, 4.69) is 10.0 Å². The molecule has 136 valence electrons. The normalized spacial score (nSPS) is 23.4. The van der Waals surface area contributed by atoms with Crippen LogP contribution in [0, 0.1) is 11.8 Å². The number of hydrogen-bond donors (Lipinski definition) is 3. The summed E-state index contributed by atoms with van der Waals surface area (Å²) in [5, 5.41) is 11.8. The standard InChI is InChI=1S/C17H22N2O5S/c20-16(19-14-7-6-13(8-14)17(21)22)12-2-1-3-15(9-12)25(23,24)18-10-11-4-5-11/h1-3,9,11,13-14,18H,4-8,10H2,(H,19,20)(H,21,22)/t13-,14+/m1/s1. The third kappa shape index (κ3) is 4.58. The molecule has 7 nitrogen and oxygen atoms in total. The Labute approximate surface area is 146 Å². The fourth-order valence-electron chi connectivity index (χ4n) is 3.04. The van der Waals surface area contributed by atoms with E-state index in [0.29, 0.717) is 31.7 Å². The molecule has 1 amide bonds. The number of carboxylic acid groups (broad SMARTS) is 1. The first-order valence-electron chi connectivity index (χ1n) is 8.48. The monoisotopic (exact) mass is 366 g/mol. The van der Waals surface area contributed by atoms with Crippen molar-refractivity contribution in [2.75, 3.05) is 6.54 Å². The fraction of sp³-hybridized carbons (Fsp3) is 0.529. The third-order valence-corrected chi connectivity index (χ3v) is 6.20. The van der Waals surface area contributed by atoms with Gasteiger partial charge in [0.15, 0.2) is 0 Å². The summed E-state index contributed by atoms with van der Waals surface area (Å²) in [6.45, 7) is 0.428. The molecule has 2 fully saturated rings. The maximum atomic E-state index is 12.4. The van der Waals surface area contributed by atoms with Crippen molar-refractivity contribution in [2.45, 2.75) is 43.0 Å². The summed E-state index contributed by atoms with van der Waals surface area (Å²) in [6.07, 6.45) is 3.65. The molecule has 2 aliphatic carbocycles. The van der Waals surface area contributed by atoms with E-state index in [1.54, 1.807) is 6.07 Å². The minimum absolute atomic E-state index is 0.0654. The lowest BCUT2D eigenvalue weighted by molar-refractivity contribution is -0.141. The van der Waals surface area contributed by atoms with Gasteiger partial charge >= 0.3 is 5.97 Å². The van der Waals surface area contributed by atoms with Crippen LogP contribution in [-0.4, -0.2) is 38.0 Å². The van der Waals surface area contributed by atoms with Crippen molar-refractivity contribution in [1.82, 2.24) is 10.0 Å². The van der Waals surface area contributed by atoms with Crippen molar-refractivity contribution in [3.8, 4) is 0 Å². The summed E-state index contributed by atoms with van der Waals surface area (Å²) in [4.78, 5) is 23.4. The number of benzene rings is 1. The highest BCUT2D eigenvalue weighted by molar-refractivity contribution is 7.89. The Balaban J connectivity index is 1.64. The van der Waals surface area contributed by atoms with Gasteiger partial charge in [-0.15, -0.1) is 0 Å². The smallest absolute Gasteiger partial charge is 0.306 e. The van der Waals surface area contributed by atoms with Gasteiger partial charge in [-0.3, -0.25) is 9.59 Å². The Morgan fingerprint density at radius 3 is 2.56 bits per heavy atom. The Morgan fingerprint density at radius 1 is 1.16 bits per heavy atom. The molecule has 1 aromatic rings. The van der Waals surface area contributed by atoms with Crippen molar-refractivity contribution >= 4 is 21.9 Å². The molecule has 0 aliphatic heterocycles. The van der Waals surface area contributed by atoms with Gasteiger partial charge in [-0.05, 0) is 56.2 Å². The topological polar surface area (TPSA) is 113 Å². The number of hydrogen-bond acceptors (Lipinski definition) is 4. The molecule has 2 saturated carbocycles. The number of carboxylic acids is 1. The van der Waals surface area contributed by atoms with Crippen molar-refractivity contribution in [2.24, 2.45) is 11.8 Å². The quantitative estimate of drug-likeness (QED) is 0.674. The van der Waals surface area contributed by atoms with Crippen LogP contribution in [0.2, 0.25) is 0 Å². The second-order valence-electron chi connectivity index (χ2n) is 6.84. The second kappa shape index (κ2) is 7.13. The fourth-order valence-corrected chi connectivity index (χ4v) is 4.20. The van der Waals surface area contributed by atoms with Crippen LogP contribution in [0.15, 0.2) is 29.2 Å². The van der Waals surface area contributed by atoms with Gasteiger partial charge in [0.1, 0.15) is 0 Å². The van der Waals surface area contributed by atoms with E-state index in [4.69, 9.17) is 5.11 Å². The van der Waals surface area contributed by atoms with Gasteiger partial charge in [-0.2, -0.15) is 0 Å². The van der Waals surface area contributed by atoms with E-state index in [1.165, 1.54) is 18.2 Å². The van der Waals surface area contributed by atoms with Crippen LogP contribution in [0.3, 0.4) is 0 Å². The number of rotatable bonds is 7. The first-order valence-corrected chi connectivity index (χ1v) is 9.97. The molecule has 8 heteroatoms. The summed E-state index contributed by atoms with van der Waals surface area (Å²) < 4.78 is 27.2. The number of aliphatic carboxylic acids is 1. The van der Waals surface area contributed by atoms with Crippen molar-refractivity contribution in [3.63, 3.8) is 0 Å². The molecule has 0 spiro atoms. The van der Waals surface area contributed by atoms with E-state index in [9.17, 15) is 18.0 Å². The number of carbonyl (C=O) groups is 2. The highest BCUT2D eigenvalue weighted by Gasteiger charge is 2.31. The van der Waals surface area contributed by atoms with Crippen LogP contribution in [0.1, 0.15) is 42.5 Å². The first kappa shape index (κ1) is 17.9. The molecule has 0 heterocycles. The SMILES string of the molecule is O=C(N[C@H]1CC[C@@H](C(=O)O)C1)c1cccc(S(=O)(=O)NCC2CC2)c1. The summed E-state index contributed by atoms with van der Waals surface area (Å²) >= 11 is 0. The molecule has 2 aliphatic rings. The lowest BCUT2D eigenvalue weighted by atomic mass is 10.1. The van der Waals surface area contributed by atoms with Crippen LogP contribution in [0.5, 0.6) is 0 Å². The van der Waals surface area contributed by atoms with Crippen LogP contribution < -0.4 is 10.0 Å². The molecule has 2 atom stereocenters. The maximum Gasteiger partial charge on any atom is 0.306 e. The molecule has 3 N–H and O–H groups in total. The van der Waals surface area contributed by atoms with Gasteiger partial charge in [-0.25, -0.2) is 13.1 Å². The zero-order chi connectivity index (χ0) is 18.0. The second-order valence-corrected chi connectivity index (χ2v) is 8.61. The molecule has 0 radical (unpaired) electrons. The highest BCUT2D eigenvalue weighted by atomic mass is 32.2. The van der Waals surface area contributed by atoms with Crippen LogP contribution >= 0.6 is 0 Å². The molecule has 0 saturated heterocycles. The van der Waals surface area contributed by atoms with Gasteiger partial charge < -0.3 is 10.4 Å². The van der Waals surface area contributed by atoms with Crippen LogP contribution in [0.25, 0.3) is 0 Å². The molecule has 0 bridgehead atoms. The van der Waals surface area contributed by atoms with Gasteiger partial charge in [0.25, 0.3) is 5.91 Å². The molecule has 3 rings (SSSR count). The molecule has 1 aromatic carbocycles. The van der Waals surface area contributed by atoms with E-state index < -0.39 is 21.9 Å². The largest absolute Gasteiger partial charge is 0.481 e. The Kier molecular flexibility index (Phi) is 5.10. The van der Waals surface area contributed by atoms with Gasteiger partial charge in [-0.1, -0.05) is 6.07 Å². The molecule has 25 heavy (non-hydrogen) atoms. The van der Waals surface area contributed by atoms with Gasteiger partial charge in [0, 0.05) is 18.2 Å². The maximum absolute atomic E-state index is 12.4. The van der Waals surface area contributed by atoms with E-state index in [-0.39, 0.29) is 22.4 Å². The Hall–Kier alpha value is -1.93. The lowest BCUT2D eigenvalue weighted by Gasteiger charge is -2.13. The Bertz CT molecular complexity index is 773. The van der Waals surface area contributed by atoms with Crippen LogP contribution in [0.4, 0.5) is 0 Å². The minimum Gasteiger partial charge on any atom is -0.481 e. The van der Waals surface area contributed by atoms with Crippen molar-refractivity contribution in [1.29, 1.82) is 0 Å². The zero-order valence-corrected chi connectivity index (χ0v) is 14.6. The van der Waals surface area contributed by atoms with Gasteiger partial charge in [0.05, 0.1) is 10.8 Å². The number of carbonyl (C=O) groups excluding carboxylic acids is 1. The predicted octanol–water partition coefficient (Wildman–Crippen LogP) is 1.36. The average Bonchev–Trinajstić information content (AvgIpc) is 3.30. The highest BCUT2D eigenvalue weighted by Crippen LogP contribution is 2.28. The summed E-state index contributed by atoms with van der Waals surface area (Å²) in [5.74, 6) is -1.23. The van der Waals surface area contributed by atoms with Crippen molar-refractivity contribution < 1.29 is 23.1 Å². The molecular formula is C17H22N2O5S. The van der Waals surface area contributed by atoms with E-state index in [1.807, 2.05) is 0 Å². The number of sulfonamides is 1. The first-order chi connectivity index (χ1) is 11.8. The third-order valence-electron chi connectivity index (χ3n) is 4.78. The number of nitrogens with one attached hydrogen (secondary N) is 2. The summed E-state index contributed by atoms with van der Waals surface area (Å²) in [6, 6.07) is 5.71. The average molecular weight is 366 g/mol. The summed E-state index contributed by atoms with van der Waals surface area (Å²) in [7, 11) is -3.63. The Morgan fingerprint density at radius 2 is 1.92 bits per heavy atom. The number of amides is 1.